The maximum Gasteiger partial charge on any atom is 0.253 e. The van der Waals surface area contributed by atoms with Gasteiger partial charge in [-0.25, -0.2) is 4.98 Å². The third kappa shape index (κ3) is 3.76. The molecule has 3 rings (SSSR count). The van der Waals surface area contributed by atoms with Gasteiger partial charge >= 0.3 is 0 Å². The van der Waals surface area contributed by atoms with E-state index in [0.717, 1.165) is 37.5 Å². The van der Waals surface area contributed by atoms with Crippen molar-refractivity contribution in [1.29, 1.82) is 0 Å². The van der Waals surface area contributed by atoms with E-state index in [4.69, 9.17) is 0 Å². The summed E-state index contributed by atoms with van der Waals surface area (Å²) in [6.07, 6.45) is 7.02. The molecule has 2 fully saturated rings. The Morgan fingerprint density at radius 2 is 2.00 bits per heavy atom. The standard InChI is InChI=1S/C17H27N3O2/c1-13-5-7-19(8-6-13)10-15(21)11-20-12-18-16(9-17(20)22)14-3-2-4-14/h9,12-15,21H,2-8,10-11H2,1H3. The fourth-order valence-corrected chi connectivity index (χ4v) is 3.33. The summed E-state index contributed by atoms with van der Waals surface area (Å²) in [4.78, 5) is 18.9. The summed E-state index contributed by atoms with van der Waals surface area (Å²) < 4.78 is 1.54. The molecule has 0 radical (unpaired) electrons. The molecule has 1 aromatic rings. The van der Waals surface area contributed by atoms with Crippen molar-refractivity contribution in [3.05, 3.63) is 28.4 Å². The van der Waals surface area contributed by atoms with Gasteiger partial charge in [0.1, 0.15) is 0 Å². The molecular formula is C17H27N3O2. The molecule has 0 spiro atoms. The Hall–Kier alpha value is -1.20. The number of aliphatic hydroxyl groups is 1. The topological polar surface area (TPSA) is 58.4 Å². The Balaban J connectivity index is 1.54. The molecule has 0 aromatic carbocycles. The van der Waals surface area contributed by atoms with Gasteiger partial charge in [-0.2, -0.15) is 0 Å². The SMILES string of the molecule is CC1CCN(CC(O)Cn2cnc(C3CCC3)cc2=O)CC1. The number of rotatable bonds is 5. The highest BCUT2D eigenvalue weighted by Crippen LogP contribution is 2.34. The lowest BCUT2D eigenvalue weighted by atomic mass is 9.83. The molecule has 0 amide bonds. The van der Waals surface area contributed by atoms with Gasteiger partial charge in [0.05, 0.1) is 24.7 Å². The fourth-order valence-electron chi connectivity index (χ4n) is 3.33. The smallest absolute Gasteiger partial charge is 0.253 e. The molecule has 1 aromatic heterocycles. The van der Waals surface area contributed by atoms with E-state index in [9.17, 15) is 9.90 Å². The first-order valence-electron chi connectivity index (χ1n) is 8.58. The summed E-state index contributed by atoms with van der Waals surface area (Å²) in [5, 5.41) is 10.3. The lowest BCUT2D eigenvalue weighted by molar-refractivity contribution is 0.0792. The molecule has 122 valence electrons. The molecule has 5 heteroatoms. The summed E-state index contributed by atoms with van der Waals surface area (Å²) in [6, 6.07) is 1.65. The molecule has 1 atom stereocenters. The van der Waals surface area contributed by atoms with Gasteiger partial charge in [-0.05, 0) is 44.7 Å². The second kappa shape index (κ2) is 6.92. The van der Waals surface area contributed by atoms with Gasteiger partial charge in [-0.15, -0.1) is 0 Å². The van der Waals surface area contributed by atoms with Crippen molar-refractivity contribution in [3.8, 4) is 0 Å². The number of hydrogen-bond acceptors (Lipinski definition) is 4. The second-order valence-electron chi connectivity index (χ2n) is 7.07. The molecule has 1 N–H and O–H groups in total. The summed E-state index contributed by atoms with van der Waals surface area (Å²) in [6.45, 7) is 5.35. The highest BCUT2D eigenvalue weighted by atomic mass is 16.3. The van der Waals surface area contributed by atoms with Crippen LogP contribution in [0.5, 0.6) is 0 Å². The van der Waals surface area contributed by atoms with Crippen LogP contribution in [0.15, 0.2) is 17.2 Å². The molecule has 1 aliphatic carbocycles. The van der Waals surface area contributed by atoms with E-state index in [0.29, 0.717) is 19.0 Å². The van der Waals surface area contributed by atoms with E-state index in [1.807, 2.05) is 0 Å². The lowest BCUT2D eigenvalue weighted by Crippen LogP contribution is -2.40. The van der Waals surface area contributed by atoms with Gasteiger partial charge in [0.15, 0.2) is 0 Å². The third-order valence-electron chi connectivity index (χ3n) is 5.18. The summed E-state index contributed by atoms with van der Waals surface area (Å²) in [7, 11) is 0. The minimum Gasteiger partial charge on any atom is -0.390 e. The van der Waals surface area contributed by atoms with Crippen molar-refractivity contribution in [3.63, 3.8) is 0 Å². The van der Waals surface area contributed by atoms with E-state index >= 15 is 0 Å². The Morgan fingerprint density at radius 1 is 1.27 bits per heavy atom. The number of β-amino-alcohol motifs (C(OH)–C–C–N with tert-alkyl or cyclic N) is 1. The maximum atomic E-state index is 12.2. The zero-order valence-electron chi connectivity index (χ0n) is 13.4. The largest absolute Gasteiger partial charge is 0.390 e. The highest BCUT2D eigenvalue weighted by Gasteiger charge is 2.22. The van der Waals surface area contributed by atoms with Crippen LogP contribution in [-0.4, -0.2) is 45.3 Å². The molecule has 0 bridgehead atoms. The van der Waals surface area contributed by atoms with Crippen LogP contribution in [0.1, 0.15) is 50.6 Å². The quantitative estimate of drug-likeness (QED) is 0.898. The predicted molar refractivity (Wildman–Crippen MR) is 85.9 cm³/mol. The van der Waals surface area contributed by atoms with Crippen LogP contribution in [0.2, 0.25) is 0 Å². The number of aromatic nitrogens is 2. The monoisotopic (exact) mass is 305 g/mol. The van der Waals surface area contributed by atoms with Gasteiger partial charge in [0.2, 0.25) is 0 Å². The van der Waals surface area contributed by atoms with E-state index in [1.165, 1.54) is 19.3 Å². The summed E-state index contributed by atoms with van der Waals surface area (Å²) >= 11 is 0. The van der Waals surface area contributed by atoms with E-state index in [1.54, 1.807) is 17.0 Å². The second-order valence-corrected chi connectivity index (χ2v) is 7.07. The predicted octanol–water partition coefficient (Wildman–Crippen LogP) is 1.60. The van der Waals surface area contributed by atoms with Crippen LogP contribution in [0.25, 0.3) is 0 Å². The summed E-state index contributed by atoms with van der Waals surface area (Å²) in [5.41, 5.74) is 0.884. The zero-order valence-corrected chi connectivity index (χ0v) is 13.4. The van der Waals surface area contributed by atoms with Crippen molar-refractivity contribution in [2.45, 2.75) is 57.6 Å². The lowest BCUT2D eigenvalue weighted by Gasteiger charge is -2.31. The molecule has 1 saturated carbocycles. The Kier molecular flexibility index (Phi) is 4.93. The van der Waals surface area contributed by atoms with Crippen LogP contribution in [-0.2, 0) is 6.54 Å². The Labute approximate surface area is 132 Å². The molecule has 5 nitrogen and oxygen atoms in total. The van der Waals surface area contributed by atoms with Crippen molar-refractivity contribution in [1.82, 2.24) is 14.5 Å². The van der Waals surface area contributed by atoms with E-state index in [-0.39, 0.29) is 5.56 Å². The van der Waals surface area contributed by atoms with Gasteiger partial charge in [-0.3, -0.25) is 9.36 Å². The fraction of sp³-hybridized carbons (Fsp3) is 0.765. The Bertz CT molecular complexity index is 545. The van der Waals surface area contributed by atoms with Crippen molar-refractivity contribution >= 4 is 0 Å². The van der Waals surface area contributed by atoms with Crippen LogP contribution >= 0.6 is 0 Å². The van der Waals surface area contributed by atoms with Crippen molar-refractivity contribution in [2.24, 2.45) is 5.92 Å². The number of hydrogen-bond donors (Lipinski definition) is 1. The van der Waals surface area contributed by atoms with Crippen molar-refractivity contribution in [2.75, 3.05) is 19.6 Å². The van der Waals surface area contributed by atoms with Crippen molar-refractivity contribution < 1.29 is 5.11 Å². The molecule has 1 saturated heterocycles. The van der Waals surface area contributed by atoms with Crippen LogP contribution < -0.4 is 5.56 Å². The van der Waals surface area contributed by atoms with Crippen LogP contribution in [0.4, 0.5) is 0 Å². The highest BCUT2D eigenvalue weighted by molar-refractivity contribution is 5.09. The number of aliphatic hydroxyl groups excluding tert-OH is 1. The Morgan fingerprint density at radius 3 is 2.59 bits per heavy atom. The van der Waals surface area contributed by atoms with E-state index in [2.05, 4.69) is 16.8 Å². The first-order valence-corrected chi connectivity index (χ1v) is 8.58. The third-order valence-corrected chi connectivity index (χ3v) is 5.18. The summed E-state index contributed by atoms with van der Waals surface area (Å²) in [5.74, 6) is 1.27. The molecule has 1 unspecified atom stereocenters. The van der Waals surface area contributed by atoms with E-state index < -0.39 is 6.10 Å². The number of nitrogens with zero attached hydrogens (tertiary/aromatic N) is 3. The van der Waals surface area contributed by atoms with Gasteiger partial charge in [0, 0.05) is 18.5 Å². The molecule has 22 heavy (non-hydrogen) atoms. The molecule has 1 aliphatic heterocycles. The van der Waals surface area contributed by atoms with Gasteiger partial charge in [-0.1, -0.05) is 13.3 Å². The average Bonchev–Trinajstić information content (AvgIpc) is 2.42. The first kappa shape index (κ1) is 15.7. The number of piperidine rings is 1. The number of likely N-dealkylation sites (tertiary alicyclic amines) is 1. The van der Waals surface area contributed by atoms with Crippen LogP contribution in [0, 0.1) is 5.92 Å². The van der Waals surface area contributed by atoms with Crippen LogP contribution in [0.3, 0.4) is 0 Å². The maximum absolute atomic E-state index is 12.2. The molecule has 2 aliphatic rings. The zero-order chi connectivity index (χ0) is 15.5. The minimum atomic E-state index is -0.512. The normalized spacial score (nSPS) is 22.5. The minimum absolute atomic E-state index is 0.0387. The van der Waals surface area contributed by atoms with Gasteiger partial charge in [0.25, 0.3) is 5.56 Å². The average molecular weight is 305 g/mol. The first-order chi connectivity index (χ1) is 10.6. The molecular weight excluding hydrogens is 278 g/mol. The van der Waals surface area contributed by atoms with Gasteiger partial charge < -0.3 is 10.0 Å². The molecule has 2 heterocycles.